The van der Waals surface area contributed by atoms with Crippen LogP contribution in [0.2, 0.25) is 0 Å². The van der Waals surface area contributed by atoms with Crippen LogP contribution < -0.4 is 5.32 Å². The number of hydrogen-bond acceptors (Lipinski definition) is 3. The van der Waals surface area contributed by atoms with E-state index >= 15 is 0 Å². The van der Waals surface area contributed by atoms with Crippen molar-refractivity contribution in [3.05, 3.63) is 0 Å². The van der Waals surface area contributed by atoms with E-state index < -0.39 is 0 Å². The average Bonchev–Trinajstić information content (AvgIpc) is 2.63. The Morgan fingerprint density at radius 1 is 1.50 bits per heavy atom. The standard InChI is InChI=1S/C12H22N2O2/c1-9-10(4-5-13-9)11(15)14-6-7-16-8-12(14,2)3/h9-10,13H,4-8H2,1-3H3. The Balaban J connectivity index is 2.08. The van der Waals surface area contributed by atoms with E-state index in [1.54, 1.807) is 0 Å². The van der Waals surface area contributed by atoms with Gasteiger partial charge in [0.1, 0.15) is 0 Å². The lowest BCUT2D eigenvalue weighted by Crippen LogP contribution is -2.57. The number of nitrogens with zero attached hydrogens (tertiary/aromatic N) is 1. The predicted octanol–water partition coefficient (Wildman–Crippen LogP) is 0.622. The van der Waals surface area contributed by atoms with Crippen LogP contribution in [0.1, 0.15) is 27.2 Å². The van der Waals surface area contributed by atoms with Crippen molar-refractivity contribution in [2.75, 3.05) is 26.3 Å². The second-order valence-electron chi connectivity index (χ2n) is 5.49. The molecule has 2 fully saturated rings. The highest BCUT2D eigenvalue weighted by molar-refractivity contribution is 5.80. The third-order valence-corrected chi connectivity index (χ3v) is 3.75. The van der Waals surface area contributed by atoms with E-state index in [1.165, 1.54) is 0 Å². The number of carbonyl (C=O) groups excluding carboxylic acids is 1. The van der Waals surface area contributed by atoms with Crippen LogP contribution in [0.15, 0.2) is 0 Å². The van der Waals surface area contributed by atoms with Gasteiger partial charge in [-0.2, -0.15) is 0 Å². The molecule has 0 saturated carbocycles. The van der Waals surface area contributed by atoms with Gasteiger partial charge in [-0.15, -0.1) is 0 Å². The summed E-state index contributed by atoms with van der Waals surface area (Å²) in [5.74, 6) is 0.447. The molecule has 2 aliphatic heterocycles. The summed E-state index contributed by atoms with van der Waals surface area (Å²) in [5, 5.41) is 3.34. The molecule has 2 aliphatic rings. The van der Waals surface area contributed by atoms with Gasteiger partial charge in [0.05, 0.1) is 24.7 Å². The summed E-state index contributed by atoms with van der Waals surface area (Å²) in [7, 11) is 0. The first kappa shape index (κ1) is 11.9. The molecule has 2 unspecified atom stereocenters. The van der Waals surface area contributed by atoms with Crippen LogP contribution in [0, 0.1) is 5.92 Å². The van der Waals surface area contributed by atoms with Gasteiger partial charge in [-0.05, 0) is 33.7 Å². The van der Waals surface area contributed by atoms with Crippen molar-refractivity contribution < 1.29 is 9.53 Å². The van der Waals surface area contributed by atoms with Gasteiger partial charge in [-0.1, -0.05) is 0 Å². The van der Waals surface area contributed by atoms with E-state index in [9.17, 15) is 4.79 Å². The lowest BCUT2D eigenvalue weighted by atomic mass is 9.95. The molecular formula is C12H22N2O2. The summed E-state index contributed by atoms with van der Waals surface area (Å²) >= 11 is 0. The number of carbonyl (C=O) groups is 1. The molecule has 16 heavy (non-hydrogen) atoms. The van der Waals surface area contributed by atoms with Gasteiger partial charge in [0.2, 0.25) is 5.91 Å². The monoisotopic (exact) mass is 226 g/mol. The second-order valence-corrected chi connectivity index (χ2v) is 5.49. The van der Waals surface area contributed by atoms with Crippen molar-refractivity contribution in [3.8, 4) is 0 Å². The summed E-state index contributed by atoms with van der Waals surface area (Å²) in [6.45, 7) is 9.27. The molecule has 2 heterocycles. The van der Waals surface area contributed by atoms with E-state index in [2.05, 4.69) is 26.1 Å². The molecule has 1 N–H and O–H groups in total. The number of ether oxygens (including phenoxy) is 1. The molecule has 0 radical (unpaired) electrons. The SMILES string of the molecule is CC1NCCC1C(=O)N1CCOCC1(C)C. The fourth-order valence-corrected chi connectivity index (χ4v) is 2.66. The molecule has 0 aromatic heterocycles. The largest absolute Gasteiger partial charge is 0.377 e. The highest BCUT2D eigenvalue weighted by Crippen LogP contribution is 2.25. The van der Waals surface area contributed by atoms with Crippen LogP contribution >= 0.6 is 0 Å². The maximum absolute atomic E-state index is 12.5. The van der Waals surface area contributed by atoms with E-state index in [4.69, 9.17) is 4.74 Å². The van der Waals surface area contributed by atoms with Crippen molar-refractivity contribution in [2.24, 2.45) is 5.92 Å². The molecule has 2 rings (SSSR count). The van der Waals surface area contributed by atoms with Crippen LogP contribution in [-0.4, -0.2) is 48.7 Å². The zero-order valence-corrected chi connectivity index (χ0v) is 10.5. The zero-order chi connectivity index (χ0) is 11.8. The lowest BCUT2D eigenvalue weighted by Gasteiger charge is -2.43. The second kappa shape index (κ2) is 4.34. The quantitative estimate of drug-likeness (QED) is 0.713. The summed E-state index contributed by atoms with van der Waals surface area (Å²) < 4.78 is 5.45. The minimum Gasteiger partial charge on any atom is -0.377 e. The molecule has 0 aliphatic carbocycles. The summed E-state index contributed by atoms with van der Waals surface area (Å²) in [4.78, 5) is 14.5. The van der Waals surface area contributed by atoms with Crippen LogP contribution in [0.25, 0.3) is 0 Å². The van der Waals surface area contributed by atoms with E-state index in [0.29, 0.717) is 25.2 Å². The van der Waals surface area contributed by atoms with Crippen molar-refractivity contribution in [1.29, 1.82) is 0 Å². The topological polar surface area (TPSA) is 41.6 Å². The molecule has 0 spiro atoms. The first-order valence-corrected chi connectivity index (χ1v) is 6.15. The Morgan fingerprint density at radius 2 is 2.25 bits per heavy atom. The molecule has 2 saturated heterocycles. The van der Waals surface area contributed by atoms with Crippen LogP contribution in [0.3, 0.4) is 0 Å². The fraction of sp³-hybridized carbons (Fsp3) is 0.917. The molecule has 2 atom stereocenters. The van der Waals surface area contributed by atoms with Crippen molar-refractivity contribution in [1.82, 2.24) is 10.2 Å². The average molecular weight is 226 g/mol. The summed E-state index contributed by atoms with van der Waals surface area (Å²) in [5.41, 5.74) is -0.155. The minimum atomic E-state index is -0.155. The van der Waals surface area contributed by atoms with Crippen molar-refractivity contribution in [2.45, 2.75) is 38.8 Å². The molecule has 92 valence electrons. The van der Waals surface area contributed by atoms with E-state index in [0.717, 1.165) is 19.5 Å². The zero-order valence-electron chi connectivity index (χ0n) is 10.5. The van der Waals surface area contributed by atoms with Crippen molar-refractivity contribution >= 4 is 5.91 Å². The number of morpholine rings is 1. The molecule has 0 bridgehead atoms. The first-order chi connectivity index (χ1) is 7.52. The number of amides is 1. The lowest BCUT2D eigenvalue weighted by molar-refractivity contribution is -0.150. The van der Waals surface area contributed by atoms with Crippen LogP contribution in [-0.2, 0) is 9.53 Å². The molecule has 4 nitrogen and oxygen atoms in total. The molecule has 0 aromatic carbocycles. The highest BCUT2D eigenvalue weighted by atomic mass is 16.5. The van der Waals surface area contributed by atoms with Crippen molar-refractivity contribution in [3.63, 3.8) is 0 Å². The number of hydrogen-bond donors (Lipinski definition) is 1. The Bertz CT molecular complexity index is 278. The van der Waals surface area contributed by atoms with Gasteiger partial charge < -0.3 is 15.0 Å². The third-order valence-electron chi connectivity index (χ3n) is 3.75. The number of rotatable bonds is 1. The van der Waals surface area contributed by atoms with Gasteiger partial charge in [0.25, 0.3) is 0 Å². The normalized spacial score (nSPS) is 34.1. The molecule has 4 heteroatoms. The summed E-state index contributed by atoms with van der Waals surface area (Å²) in [6.07, 6.45) is 0.966. The molecule has 0 aromatic rings. The Hall–Kier alpha value is -0.610. The van der Waals surface area contributed by atoms with Gasteiger partial charge in [0, 0.05) is 12.6 Å². The van der Waals surface area contributed by atoms with E-state index in [1.807, 2.05) is 4.90 Å². The maximum atomic E-state index is 12.5. The molecular weight excluding hydrogens is 204 g/mol. The van der Waals surface area contributed by atoms with Crippen LogP contribution in [0.5, 0.6) is 0 Å². The summed E-state index contributed by atoms with van der Waals surface area (Å²) in [6, 6.07) is 0.311. The highest BCUT2D eigenvalue weighted by Gasteiger charge is 2.40. The Kier molecular flexibility index (Phi) is 3.22. The molecule has 1 amide bonds. The first-order valence-electron chi connectivity index (χ1n) is 6.15. The third kappa shape index (κ3) is 2.09. The van der Waals surface area contributed by atoms with Gasteiger partial charge in [-0.3, -0.25) is 4.79 Å². The van der Waals surface area contributed by atoms with Crippen LogP contribution in [0.4, 0.5) is 0 Å². The smallest absolute Gasteiger partial charge is 0.227 e. The Morgan fingerprint density at radius 3 is 2.81 bits per heavy atom. The van der Waals surface area contributed by atoms with Gasteiger partial charge in [-0.25, -0.2) is 0 Å². The van der Waals surface area contributed by atoms with Gasteiger partial charge in [0.15, 0.2) is 0 Å². The minimum absolute atomic E-state index is 0.150. The fourth-order valence-electron chi connectivity index (χ4n) is 2.66. The number of nitrogens with one attached hydrogen (secondary N) is 1. The van der Waals surface area contributed by atoms with Gasteiger partial charge >= 0.3 is 0 Å². The maximum Gasteiger partial charge on any atom is 0.227 e. The Labute approximate surface area is 97.3 Å². The van der Waals surface area contributed by atoms with E-state index in [-0.39, 0.29) is 11.5 Å². The predicted molar refractivity (Wildman–Crippen MR) is 62.2 cm³/mol.